The maximum absolute atomic E-state index is 14.1. The third kappa shape index (κ3) is 3.38. The van der Waals surface area contributed by atoms with Gasteiger partial charge in [0.2, 0.25) is 0 Å². The van der Waals surface area contributed by atoms with Crippen LogP contribution in [0.15, 0.2) is 27.1 Å². The molecule has 0 spiro atoms. The van der Waals surface area contributed by atoms with E-state index < -0.39 is 6.04 Å². The molecule has 1 heterocycles. The Morgan fingerprint density at radius 1 is 1.33 bits per heavy atom. The second-order valence-electron chi connectivity index (χ2n) is 4.83. The molecule has 1 atom stereocenters. The summed E-state index contributed by atoms with van der Waals surface area (Å²) in [6.07, 6.45) is 1.38. The second-order valence-corrected chi connectivity index (χ2v) is 6.48. The lowest BCUT2D eigenvalue weighted by Gasteiger charge is -2.15. The first-order valence-electron chi connectivity index (χ1n) is 6.93. The number of halogens is 3. The van der Waals surface area contributed by atoms with E-state index in [1.165, 1.54) is 0 Å². The highest BCUT2D eigenvalue weighted by atomic mass is 79.9. The molecule has 114 valence electrons. The van der Waals surface area contributed by atoms with E-state index >= 15 is 0 Å². The van der Waals surface area contributed by atoms with Gasteiger partial charge >= 0.3 is 0 Å². The summed E-state index contributed by atoms with van der Waals surface area (Å²) in [5.41, 5.74) is 8.75. The van der Waals surface area contributed by atoms with Gasteiger partial charge in [0.15, 0.2) is 0 Å². The Kier molecular flexibility index (Phi) is 5.57. The van der Waals surface area contributed by atoms with Crippen LogP contribution in [0.4, 0.5) is 4.39 Å². The zero-order valence-corrected chi connectivity index (χ0v) is 15.2. The first-order valence-corrected chi connectivity index (χ1v) is 8.51. The van der Waals surface area contributed by atoms with Crippen molar-refractivity contribution < 1.29 is 4.39 Å². The summed E-state index contributed by atoms with van der Waals surface area (Å²) < 4.78 is 17.5. The first kappa shape index (κ1) is 16.6. The topological polar surface area (TPSA) is 43.8 Å². The average Bonchev–Trinajstić information content (AvgIpc) is 2.78. The molecule has 0 saturated carbocycles. The Balaban J connectivity index is 2.33. The van der Waals surface area contributed by atoms with Crippen LogP contribution in [0, 0.1) is 5.82 Å². The molecular weight excluding hydrogens is 401 g/mol. The summed E-state index contributed by atoms with van der Waals surface area (Å²) in [5.74, 6) is -0.292. The van der Waals surface area contributed by atoms with Crippen LogP contribution in [0.5, 0.6) is 0 Å². The van der Waals surface area contributed by atoms with Crippen LogP contribution in [0.3, 0.4) is 0 Å². The molecule has 0 aliphatic carbocycles. The van der Waals surface area contributed by atoms with Crippen molar-refractivity contribution >= 4 is 31.9 Å². The summed E-state index contributed by atoms with van der Waals surface area (Å²) in [7, 11) is 0. The highest BCUT2D eigenvalue weighted by Crippen LogP contribution is 2.29. The molecule has 1 aromatic heterocycles. The number of nitrogens with zero attached hydrogens (tertiary/aromatic N) is 2. The standard InChI is InChI=1S/C15H18Br2FN3/c1-3-12-14(17)13(21(4-2)20-12)8-11(19)9-6-5-7-10(16)15(9)18/h5-7,11H,3-4,8,19H2,1-2H3. The van der Waals surface area contributed by atoms with Gasteiger partial charge in [-0.25, -0.2) is 4.39 Å². The molecule has 2 rings (SSSR count). The molecule has 6 heteroatoms. The summed E-state index contributed by atoms with van der Waals surface area (Å²) in [6.45, 7) is 4.86. The normalized spacial score (nSPS) is 12.7. The van der Waals surface area contributed by atoms with Gasteiger partial charge < -0.3 is 5.73 Å². The van der Waals surface area contributed by atoms with Crippen molar-refractivity contribution in [3.05, 3.63) is 49.9 Å². The van der Waals surface area contributed by atoms with Gasteiger partial charge in [-0.2, -0.15) is 5.10 Å². The molecule has 0 aliphatic heterocycles. The van der Waals surface area contributed by atoms with Crippen LogP contribution in [0.2, 0.25) is 0 Å². The van der Waals surface area contributed by atoms with E-state index in [9.17, 15) is 4.39 Å². The largest absolute Gasteiger partial charge is 0.324 e. The molecule has 0 bridgehead atoms. The van der Waals surface area contributed by atoms with Gasteiger partial charge in [-0.05, 0) is 51.3 Å². The molecule has 0 radical (unpaired) electrons. The number of rotatable bonds is 5. The molecule has 21 heavy (non-hydrogen) atoms. The van der Waals surface area contributed by atoms with Crippen molar-refractivity contribution in [1.82, 2.24) is 9.78 Å². The maximum Gasteiger partial charge on any atom is 0.142 e. The number of nitrogens with two attached hydrogens (primary N) is 1. The number of aryl methyl sites for hydroxylation is 2. The number of hydrogen-bond donors (Lipinski definition) is 1. The number of aromatic nitrogens is 2. The Bertz CT molecular complexity index is 640. The van der Waals surface area contributed by atoms with E-state index in [0.717, 1.165) is 28.8 Å². The highest BCUT2D eigenvalue weighted by molar-refractivity contribution is 9.10. The molecule has 3 nitrogen and oxygen atoms in total. The van der Waals surface area contributed by atoms with Crippen LogP contribution in [-0.2, 0) is 19.4 Å². The average molecular weight is 419 g/mol. The van der Waals surface area contributed by atoms with Gasteiger partial charge in [0.25, 0.3) is 0 Å². The minimum atomic E-state index is -0.412. The first-order chi connectivity index (χ1) is 9.99. The predicted octanol–water partition coefficient (Wildman–Crippen LogP) is 4.37. The monoisotopic (exact) mass is 417 g/mol. The van der Waals surface area contributed by atoms with Gasteiger partial charge in [0.1, 0.15) is 5.82 Å². The van der Waals surface area contributed by atoms with E-state index in [1.54, 1.807) is 18.2 Å². The molecule has 2 N–H and O–H groups in total. The fourth-order valence-electron chi connectivity index (χ4n) is 2.34. The van der Waals surface area contributed by atoms with Gasteiger partial charge in [0.05, 0.1) is 20.3 Å². The lowest BCUT2D eigenvalue weighted by atomic mass is 10.0. The Hall–Kier alpha value is -0.720. The van der Waals surface area contributed by atoms with E-state index in [-0.39, 0.29) is 5.82 Å². The predicted molar refractivity (Wildman–Crippen MR) is 89.7 cm³/mol. The fourth-order valence-corrected chi connectivity index (χ4v) is 3.45. The number of hydrogen-bond acceptors (Lipinski definition) is 2. The Morgan fingerprint density at radius 3 is 2.67 bits per heavy atom. The summed E-state index contributed by atoms with van der Waals surface area (Å²) >= 11 is 6.80. The highest BCUT2D eigenvalue weighted by Gasteiger charge is 2.20. The van der Waals surface area contributed by atoms with Crippen LogP contribution in [0.25, 0.3) is 0 Å². The van der Waals surface area contributed by atoms with Crippen molar-refractivity contribution in [2.45, 2.75) is 39.3 Å². The molecular formula is C15H18Br2FN3. The molecule has 0 saturated heterocycles. The molecule has 2 aromatic rings. The van der Waals surface area contributed by atoms with Crippen LogP contribution >= 0.6 is 31.9 Å². The van der Waals surface area contributed by atoms with E-state index in [0.29, 0.717) is 16.5 Å². The van der Waals surface area contributed by atoms with E-state index in [2.05, 4.69) is 43.9 Å². The summed E-state index contributed by atoms with van der Waals surface area (Å²) in [4.78, 5) is 0. The van der Waals surface area contributed by atoms with Gasteiger partial charge in [-0.1, -0.05) is 19.1 Å². The number of benzene rings is 1. The van der Waals surface area contributed by atoms with E-state index in [1.807, 2.05) is 11.6 Å². The molecule has 0 aliphatic rings. The van der Waals surface area contributed by atoms with Gasteiger partial charge in [0, 0.05) is 24.6 Å². The van der Waals surface area contributed by atoms with E-state index in [4.69, 9.17) is 5.73 Å². The van der Waals surface area contributed by atoms with Crippen molar-refractivity contribution in [1.29, 1.82) is 0 Å². The summed E-state index contributed by atoms with van der Waals surface area (Å²) in [6, 6.07) is 4.79. The quantitative estimate of drug-likeness (QED) is 0.783. The Labute approximate surface area is 141 Å². The van der Waals surface area contributed by atoms with Gasteiger partial charge in [-0.3, -0.25) is 4.68 Å². The second kappa shape index (κ2) is 7.03. The lowest BCUT2D eigenvalue weighted by Crippen LogP contribution is -2.18. The van der Waals surface area contributed by atoms with Crippen molar-refractivity contribution in [3.63, 3.8) is 0 Å². The molecule has 0 amide bonds. The maximum atomic E-state index is 14.1. The smallest absolute Gasteiger partial charge is 0.142 e. The Morgan fingerprint density at radius 2 is 2.05 bits per heavy atom. The third-order valence-corrected chi connectivity index (χ3v) is 5.02. The van der Waals surface area contributed by atoms with Crippen molar-refractivity contribution in [2.24, 2.45) is 5.73 Å². The molecule has 1 aromatic carbocycles. The minimum absolute atomic E-state index is 0.292. The third-order valence-electron chi connectivity index (χ3n) is 3.49. The molecule has 0 fully saturated rings. The SMILES string of the molecule is CCc1nn(CC)c(CC(N)c2cccc(Br)c2F)c1Br. The van der Waals surface area contributed by atoms with Crippen molar-refractivity contribution in [2.75, 3.05) is 0 Å². The van der Waals surface area contributed by atoms with Crippen molar-refractivity contribution in [3.8, 4) is 0 Å². The molecule has 1 unspecified atom stereocenters. The minimum Gasteiger partial charge on any atom is -0.324 e. The van der Waals surface area contributed by atoms with Gasteiger partial charge in [-0.15, -0.1) is 0 Å². The lowest BCUT2D eigenvalue weighted by molar-refractivity contribution is 0.551. The zero-order valence-electron chi connectivity index (χ0n) is 12.0. The zero-order chi connectivity index (χ0) is 15.6. The van der Waals surface area contributed by atoms with Crippen LogP contribution in [-0.4, -0.2) is 9.78 Å². The fraction of sp³-hybridized carbons (Fsp3) is 0.400. The van der Waals surface area contributed by atoms with Crippen LogP contribution < -0.4 is 5.73 Å². The van der Waals surface area contributed by atoms with Crippen LogP contribution in [0.1, 0.15) is 36.8 Å². The summed E-state index contributed by atoms with van der Waals surface area (Å²) in [5, 5.41) is 4.54.